The molecule has 2 aromatic carbocycles. The summed E-state index contributed by atoms with van der Waals surface area (Å²) in [7, 11) is 0. The Bertz CT molecular complexity index is 701. The number of aromatic hydroxyl groups is 1. The van der Waals surface area contributed by atoms with Gasteiger partial charge in [-0.1, -0.05) is 17.7 Å². The van der Waals surface area contributed by atoms with Crippen LogP contribution < -0.4 is 0 Å². The largest absolute Gasteiger partial charge is 0.506 e. The van der Waals surface area contributed by atoms with E-state index < -0.39 is 4.92 Å². The van der Waals surface area contributed by atoms with Crippen LogP contribution in [-0.2, 0) is 0 Å². The highest BCUT2D eigenvalue weighted by Gasteiger charge is 2.14. The maximum atomic E-state index is 10.9. The molecule has 0 saturated carbocycles. The number of benzene rings is 2. The molecule has 0 fully saturated rings. The van der Waals surface area contributed by atoms with Crippen molar-refractivity contribution in [3.8, 4) is 5.75 Å². The Morgan fingerprint density at radius 1 is 1.15 bits per heavy atom. The second kappa shape index (κ2) is 5.66. The van der Waals surface area contributed by atoms with E-state index in [4.69, 9.17) is 11.6 Å². The van der Waals surface area contributed by atoms with Gasteiger partial charge in [-0.15, -0.1) is 10.2 Å². The molecule has 0 aromatic heterocycles. The molecule has 1 N–H and O–H groups in total. The normalized spacial score (nSPS) is 10.9. The standard InChI is InChI=1S/C13H10ClN3O3/c1-8-2-5-13(18)11(6-8)16-15-10-4-3-9(14)7-12(10)17(19)20/h2-7,18H,1H3. The molecule has 0 heterocycles. The molecule has 0 atom stereocenters. The Kier molecular flexibility index (Phi) is 3.95. The third-order valence-corrected chi connectivity index (χ3v) is 2.77. The molecule has 2 aromatic rings. The lowest BCUT2D eigenvalue weighted by Crippen LogP contribution is -1.87. The van der Waals surface area contributed by atoms with Gasteiger partial charge < -0.3 is 5.11 Å². The van der Waals surface area contributed by atoms with Gasteiger partial charge in [-0.05, 0) is 36.8 Å². The van der Waals surface area contributed by atoms with E-state index >= 15 is 0 Å². The second-order valence-electron chi connectivity index (χ2n) is 4.08. The number of halogens is 1. The van der Waals surface area contributed by atoms with E-state index in [0.717, 1.165) is 5.56 Å². The summed E-state index contributed by atoms with van der Waals surface area (Å²) >= 11 is 5.71. The Morgan fingerprint density at radius 2 is 1.85 bits per heavy atom. The van der Waals surface area contributed by atoms with Crippen molar-refractivity contribution in [2.75, 3.05) is 0 Å². The third kappa shape index (κ3) is 3.10. The van der Waals surface area contributed by atoms with Crippen molar-refractivity contribution in [2.45, 2.75) is 6.92 Å². The summed E-state index contributed by atoms with van der Waals surface area (Å²) in [5.41, 5.74) is 0.963. The van der Waals surface area contributed by atoms with Gasteiger partial charge in [0.15, 0.2) is 5.69 Å². The summed E-state index contributed by atoms with van der Waals surface area (Å²) in [6.07, 6.45) is 0. The molecule has 0 aliphatic carbocycles. The number of aryl methyl sites for hydroxylation is 1. The zero-order chi connectivity index (χ0) is 14.7. The molecular weight excluding hydrogens is 282 g/mol. The highest BCUT2D eigenvalue weighted by atomic mass is 35.5. The first-order chi connectivity index (χ1) is 9.47. The fraction of sp³-hybridized carbons (Fsp3) is 0.0769. The van der Waals surface area contributed by atoms with E-state index in [2.05, 4.69) is 10.2 Å². The molecule has 7 heteroatoms. The second-order valence-corrected chi connectivity index (χ2v) is 4.52. The highest BCUT2D eigenvalue weighted by Crippen LogP contribution is 2.33. The Balaban J connectivity index is 2.41. The van der Waals surface area contributed by atoms with E-state index in [9.17, 15) is 15.2 Å². The van der Waals surface area contributed by atoms with Crippen LogP contribution in [0.1, 0.15) is 5.56 Å². The number of nitrogens with zero attached hydrogens (tertiary/aromatic N) is 3. The van der Waals surface area contributed by atoms with Crippen molar-refractivity contribution in [1.29, 1.82) is 0 Å². The molecule has 0 unspecified atom stereocenters. The zero-order valence-electron chi connectivity index (χ0n) is 10.4. The first-order valence-corrected chi connectivity index (χ1v) is 6.00. The van der Waals surface area contributed by atoms with Crippen molar-refractivity contribution in [1.82, 2.24) is 0 Å². The minimum Gasteiger partial charge on any atom is -0.506 e. The van der Waals surface area contributed by atoms with Gasteiger partial charge in [0.25, 0.3) is 5.69 Å². The van der Waals surface area contributed by atoms with Crippen LogP contribution in [0.2, 0.25) is 5.02 Å². The predicted octanol–water partition coefficient (Wildman–Crippen LogP) is 4.68. The van der Waals surface area contributed by atoms with Crippen molar-refractivity contribution in [3.05, 3.63) is 57.1 Å². The maximum Gasteiger partial charge on any atom is 0.298 e. The lowest BCUT2D eigenvalue weighted by atomic mass is 10.2. The van der Waals surface area contributed by atoms with Crippen molar-refractivity contribution in [3.63, 3.8) is 0 Å². The number of nitro benzene ring substituents is 1. The minimum absolute atomic E-state index is 0.0454. The zero-order valence-corrected chi connectivity index (χ0v) is 11.2. The topological polar surface area (TPSA) is 88.1 Å². The lowest BCUT2D eigenvalue weighted by molar-refractivity contribution is -0.384. The van der Waals surface area contributed by atoms with Gasteiger partial charge in [-0.25, -0.2) is 0 Å². The number of phenols is 1. The molecular formula is C13H10ClN3O3. The molecule has 0 saturated heterocycles. The summed E-state index contributed by atoms with van der Waals surface area (Å²) in [4.78, 5) is 10.3. The fourth-order valence-corrected chi connectivity index (χ4v) is 1.72. The van der Waals surface area contributed by atoms with Crippen molar-refractivity contribution in [2.24, 2.45) is 10.2 Å². The van der Waals surface area contributed by atoms with E-state index in [1.54, 1.807) is 12.1 Å². The van der Waals surface area contributed by atoms with Gasteiger partial charge in [0.2, 0.25) is 0 Å². The molecule has 0 aliphatic rings. The number of phenolic OH excluding ortho intramolecular Hbond substituents is 1. The van der Waals surface area contributed by atoms with Crippen LogP contribution in [0.4, 0.5) is 17.1 Å². The van der Waals surface area contributed by atoms with Gasteiger partial charge in [-0.2, -0.15) is 0 Å². The van der Waals surface area contributed by atoms with Crippen molar-refractivity contribution < 1.29 is 10.0 Å². The third-order valence-electron chi connectivity index (χ3n) is 2.53. The molecule has 20 heavy (non-hydrogen) atoms. The molecule has 0 aliphatic heterocycles. The van der Waals surface area contributed by atoms with Crippen molar-refractivity contribution >= 4 is 28.7 Å². The van der Waals surface area contributed by atoms with Crippen LogP contribution in [-0.4, -0.2) is 10.0 Å². The van der Waals surface area contributed by atoms with Crippen LogP contribution in [0.5, 0.6) is 5.75 Å². The number of nitro groups is 1. The van der Waals surface area contributed by atoms with Gasteiger partial charge >= 0.3 is 0 Å². The summed E-state index contributed by atoms with van der Waals surface area (Å²) in [5, 5.41) is 28.4. The monoisotopic (exact) mass is 291 g/mol. The minimum atomic E-state index is -0.587. The lowest BCUT2D eigenvalue weighted by Gasteiger charge is -2.00. The van der Waals surface area contributed by atoms with E-state index in [1.807, 2.05) is 6.92 Å². The Morgan fingerprint density at radius 3 is 2.55 bits per heavy atom. The summed E-state index contributed by atoms with van der Waals surface area (Å²) < 4.78 is 0. The van der Waals surface area contributed by atoms with Gasteiger partial charge in [-0.3, -0.25) is 10.1 Å². The van der Waals surface area contributed by atoms with E-state index in [0.29, 0.717) is 0 Å². The number of hydrogen-bond donors (Lipinski definition) is 1. The number of hydrogen-bond acceptors (Lipinski definition) is 5. The Hall–Kier alpha value is -2.47. The summed E-state index contributed by atoms with van der Waals surface area (Å²) in [6.45, 7) is 1.84. The fourth-order valence-electron chi connectivity index (χ4n) is 1.55. The first kappa shape index (κ1) is 14.0. The average Bonchev–Trinajstić information content (AvgIpc) is 2.40. The average molecular weight is 292 g/mol. The molecule has 0 amide bonds. The first-order valence-electron chi connectivity index (χ1n) is 5.62. The van der Waals surface area contributed by atoms with E-state index in [-0.39, 0.29) is 27.8 Å². The Labute approximate surface area is 119 Å². The molecule has 102 valence electrons. The highest BCUT2D eigenvalue weighted by molar-refractivity contribution is 6.30. The molecule has 2 rings (SSSR count). The van der Waals surface area contributed by atoms with Crippen LogP contribution >= 0.6 is 11.6 Å². The number of rotatable bonds is 3. The smallest absolute Gasteiger partial charge is 0.298 e. The van der Waals surface area contributed by atoms with Crippen LogP contribution in [0.25, 0.3) is 0 Å². The molecule has 0 radical (unpaired) electrons. The maximum absolute atomic E-state index is 10.9. The summed E-state index contributed by atoms with van der Waals surface area (Å²) in [6, 6.07) is 8.92. The van der Waals surface area contributed by atoms with E-state index in [1.165, 1.54) is 24.3 Å². The molecule has 0 spiro atoms. The van der Waals surface area contributed by atoms with Gasteiger partial charge in [0.05, 0.1) is 4.92 Å². The molecule has 6 nitrogen and oxygen atoms in total. The quantitative estimate of drug-likeness (QED) is 0.506. The SMILES string of the molecule is Cc1ccc(O)c(N=Nc2ccc(Cl)cc2[N+](=O)[O-])c1. The predicted molar refractivity (Wildman–Crippen MR) is 75.1 cm³/mol. The molecule has 0 bridgehead atoms. The van der Waals surface area contributed by atoms with Gasteiger partial charge in [0.1, 0.15) is 11.4 Å². The van der Waals surface area contributed by atoms with Gasteiger partial charge in [0, 0.05) is 11.1 Å². The van der Waals surface area contributed by atoms with Crippen LogP contribution in [0, 0.1) is 17.0 Å². The number of azo groups is 1. The summed E-state index contributed by atoms with van der Waals surface area (Å²) in [5.74, 6) is -0.0454. The van der Waals surface area contributed by atoms with Crippen LogP contribution in [0.3, 0.4) is 0 Å². The van der Waals surface area contributed by atoms with Crippen LogP contribution in [0.15, 0.2) is 46.6 Å².